The molecule has 1 aromatic heterocycles. The number of hydrogen-bond donors (Lipinski definition) is 0. The first-order valence-electron chi connectivity index (χ1n) is 7.65. The molecule has 0 unspecified atom stereocenters. The molecule has 0 bridgehead atoms. The molecule has 0 fully saturated rings. The van der Waals surface area contributed by atoms with Crippen LogP contribution in [0.15, 0.2) is 77.3 Å². The number of ketones is 1. The van der Waals surface area contributed by atoms with Gasteiger partial charge in [-0.3, -0.25) is 4.79 Å². The Kier molecular flexibility index (Phi) is 5.16. The molecule has 2 aromatic carbocycles. The number of carbonyl (C=O) groups is 2. The van der Waals surface area contributed by atoms with Gasteiger partial charge in [-0.25, -0.2) is 4.79 Å². The summed E-state index contributed by atoms with van der Waals surface area (Å²) >= 11 is 1.34. The third-order valence-electron chi connectivity index (χ3n) is 3.53. The molecule has 0 spiro atoms. The average molecular weight is 349 g/mol. The Morgan fingerprint density at radius 2 is 1.56 bits per heavy atom. The molecule has 0 saturated heterocycles. The van der Waals surface area contributed by atoms with Crippen molar-refractivity contribution in [3.8, 4) is 11.1 Å². The average Bonchev–Trinajstić information content (AvgIpc) is 3.16. The Labute approximate surface area is 149 Å². The van der Waals surface area contributed by atoms with Crippen molar-refractivity contribution >= 4 is 28.8 Å². The number of Topliss-reactive ketones (excluding diaryl/α,β-unsaturated/α-hetero) is 1. The first kappa shape index (κ1) is 16.8. The summed E-state index contributed by atoms with van der Waals surface area (Å²) in [5, 5.41) is 5.61. The van der Waals surface area contributed by atoms with E-state index < -0.39 is 5.97 Å². The molecule has 0 aliphatic heterocycles. The Morgan fingerprint density at radius 3 is 2.24 bits per heavy atom. The number of hydrogen-bond acceptors (Lipinski definition) is 5. The van der Waals surface area contributed by atoms with Gasteiger partial charge < -0.3 is 4.84 Å². The van der Waals surface area contributed by atoms with Crippen LogP contribution in [-0.4, -0.2) is 17.5 Å². The summed E-state index contributed by atoms with van der Waals surface area (Å²) < 4.78 is 0. The second kappa shape index (κ2) is 7.68. The van der Waals surface area contributed by atoms with Crippen LogP contribution < -0.4 is 0 Å². The van der Waals surface area contributed by atoms with Crippen LogP contribution in [0.5, 0.6) is 0 Å². The van der Waals surface area contributed by atoms with Gasteiger partial charge in [0.15, 0.2) is 0 Å². The van der Waals surface area contributed by atoms with E-state index in [4.69, 9.17) is 4.84 Å². The second-order valence-corrected chi connectivity index (χ2v) is 6.23. The normalized spacial score (nSPS) is 11.2. The van der Waals surface area contributed by atoms with Gasteiger partial charge in [0.25, 0.3) is 0 Å². The standard InChI is InChI=1S/C20H15NO3S/c1-14(21-24-20(23)16-10-6-3-7-11-16)19(22)18-12-17(13-25-18)15-8-4-2-5-9-15/h2-13H,1H3. The predicted molar refractivity (Wildman–Crippen MR) is 99.1 cm³/mol. The highest BCUT2D eigenvalue weighted by atomic mass is 32.1. The van der Waals surface area contributed by atoms with E-state index in [1.54, 1.807) is 30.3 Å². The van der Waals surface area contributed by atoms with E-state index in [0.717, 1.165) is 11.1 Å². The lowest BCUT2D eigenvalue weighted by atomic mass is 10.1. The van der Waals surface area contributed by atoms with Gasteiger partial charge in [-0.15, -0.1) is 11.3 Å². The third kappa shape index (κ3) is 4.08. The number of oxime groups is 1. The predicted octanol–water partition coefficient (Wildman–Crippen LogP) is 4.83. The highest BCUT2D eigenvalue weighted by Gasteiger charge is 2.15. The fraction of sp³-hybridized carbons (Fsp3) is 0.0500. The van der Waals surface area contributed by atoms with Crippen molar-refractivity contribution in [2.75, 3.05) is 0 Å². The topological polar surface area (TPSA) is 55.7 Å². The molecule has 5 heteroatoms. The molecule has 0 N–H and O–H groups in total. The van der Waals surface area contributed by atoms with Crippen LogP contribution in [-0.2, 0) is 4.84 Å². The van der Waals surface area contributed by atoms with Gasteiger partial charge in [0.1, 0.15) is 5.71 Å². The largest absolute Gasteiger partial charge is 0.365 e. The Balaban J connectivity index is 1.70. The lowest BCUT2D eigenvalue weighted by Gasteiger charge is -1.99. The summed E-state index contributed by atoms with van der Waals surface area (Å²) in [6.07, 6.45) is 0. The number of benzene rings is 2. The van der Waals surface area contributed by atoms with Crippen molar-refractivity contribution in [3.63, 3.8) is 0 Å². The van der Waals surface area contributed by atoms with Gasteiger partial charge >= 0.3 is 5.97 Å². The van der Waals surface area contributed by atoms with Gasteiger partial charge in [0.05, 0.1) is 10.4 Å². The monoisotopic (exact) mass is 349 g/mol. The summed E-state index contributed by atoms with van der Waals surface area (Å²) in [6, 6.07) is 20.1. The zero-order chi connectivity index (χ0) is 17.6. The molecule has 0 amide bonds. The summed E-state index contributed by atoms with van der Waals surface area (Å²) in [4.78, 5) is 29.7. The fourth-order valence-electron chi connectivity index (χ4n) is 2.19. The molecule has 0 aliphatic carbocycles. The number of thiophene rings is 1. The molecule has 4 nitrogen and oxygen atoms in total. The van der Waals surface area contributed by atoms with E-state index >= 15 is 0 Å². The van der Waals surface area contributed by atoms with Crippen LogP contribution in [0.2, 0.25) is 0 Å². The second-order valence-electron chi connectivity index (χ2n) is 5.32. The van der Waals surface area contributed by atoms with E-state index in [9.17, 15) is 9.59 Å². The van der Waals surface area contributed by atoms with Crippen LogP contribution in [0.4, 0.5) is 0 Å². The zero-order valence-corrected chi connectivity index (χ0v) is 14.3. The first-order chi connectivity index (χ1) is 12.1. The van der Waals surface area contributed by atoms with E-state index in [2.05, 4.69) is 5.16 Å². The number of carbonyl (C=O) groups excluding carboxylic acids is 2. The van der Waals surface area contributed by atoms with Crippen LogP contribution >= 0.6 is 11.3 Å². The maximum Gasteiger partial charge on any atom is 0.365 e. The lowest BCUT2D eigenvalue weighted by molar-refractivity contribution is 0.0515. The molecule has 3 rings (SSSR count). The SMILES string of the molecule is CC(=NOC(=O)c1ccccc1)C(=O)c1cc(-c2ccccc2)cs1. The minimum atomic E-state index is -0.594. The Hall–Kier alpha value is -3.05. The molecule has 0 radical (unpaired) electrons. The molecule has 3 aromatic rings. The van der Waals surface area contributed by atoms with Gasteiger partial charge in [0.2, 0.25) is 5.78 Å². The molecular weight excluding hydrogens is 334 g/mol. The van der Waals surface area contributed by atoms with E-state index in [1.165, 1.54) is 18.3 Å². The molecular formula is C20H15NO3S. The highest BCUT2D eigenvalue weighted by Crippen LogP contribution is 2.26. The number of rotatable bonds is 5. The zero-order valence-electron chi connectivity index (χ0n) is 13.5. The quantitative estimate of drug-likeness (QED) is 0.287. The summed E-state index contributed by atoms with van der Waals surface area (Å²) in [6.45, 7) is 1.53. The minimum Gasteiger partial charge on any atom is -0.312 e. The van der Waals surface area contributed by atoms with Crippen molar-refractivity contribution in [1.29, 1.82) is 0 Å². The number of nitrogens with zero attached hydrogens (tertiary/aromatic N) is 1. The molecule has 0 saturated carbocycles. The van der Waals surface area contributed by atoms with Crippen molar-refractivity contribution in [2.45, 2.75) is 6.92 Å². The molecule has 25 heavy (non-hydrogen) atoms. The van der Waals surface area contributed by atoms with Gasteiger partial charge in [-0.05, 0) is 41.6 Å². The van der Waals surface area contributed by atoms with Crippen LogP contribution in [0.3, 0.4) is 0 Å². The molecule has 124 valence electrons. The van der Waals surface area contributed by atoms with Gasteiger partial charge in [-0.1, -0.05) is 53.7 Å². The summed E-state index contributed by atoms with van der Waals surface area (Å²) in [5.74, 6) is -0.850. The van der Waals surface area contributed by atoms with E-state index in [0.29, 0.717) is 10.4 Å². The lowest BCUT2D eigenvalue weighted by Crippen LogP contribution is -2.11. The van der Waals surface area contributed by atoms with Crippen molar-refractivity contribution in [1.82, 2.24) is 0 Å². The first-order valence-corrected chi connectivity index (χ1v) is 8.53. The van der Waals surface area contributed by atoms with Crippen LogP contribution in [0.25, 0.3) is 11.1 Å². The minimum absolute atomic E-state index is 0.130. The van der Waals surface area contributed by atoms with Gasteiger partial charge in [0, 0.05) is 0 Å². The Morgan fingerprint density at radius 1 is 0.920 bits per heavy atom. The summed E-state index contributed by atoms with van der Waals surface area (Å²) in [7, 11) is 0. The highest BCUT2D eigenvalue weighted by molar-refractivity contribution is 7.13. The fourth-order valence-corrected chi connectivity index (χ4v) is 3.10. The maximum atomic E-state index is 12.4. The third-order valence-corrected chi connectivity index (χ3v) is 4.46. The van der Waals surface area contributed by atoms with Crippen LogP contribution in [0, 0.1) is 0 Å². The Bertz CT molecular complexity index is 914. The molecule has 0 aliphatic rings. The summed E-state index contributed by atoms with van der Waals surface area (Å²) in [5.41, 5.74) is 2.53. The van der Waals surface area contributed by atoms with E-state index in [1.807, 2.05) is 41.8 Å². The van der Waals surface area contributed by atoms with Crippen molar-refractivity contribution in [2.24, 2.45) is 5.16 Å². The van der Waals surface area contributed by atoms with Crippen molar-refractivity contribution in [3.05, 3.63) is 82.6 Å². The van der Waals surface area contributed by atoms with Crippen molar-refractivity contribution < 1.29 is 14.4 Å². The molecule has 1 heterocycles. The molecule has 0 atom stereocenters. The van der Waals surface area contributed by atoms with E-state index in [-0.39, 0.29) is 11.5 Å². The maximum absolute atomic E-state index is 12.4. The smallest absolute Gasteiger partial charge is 0.312 e. The van der Waals surface area contributed by atoms with Crippen LogP contribution in [0.1, 0.15) is 27.0 Å². The van der Waals surface area contributed by atoms with Gasteiger partial charge in [-0.2, -0.15) is 0 Å².